The van der Waals surface area contributed by atoms with Crippen LogP contribution in [0.5, 0.6) is 5.75 Å². The number of hydrogen-bond donors (Lipinski definition) is 3. The van der Waals surface area contributed by atoms with Crippen molar-refractivity contribution in [3.63, 3.8) is 0 Å². The van der Waals surface area contributed by atoms with Gasteiger partial charge in [0.25, 0.3) is 5.71 Å². The van der Waals surface area contributed by atoms with E-state index in [2.05, 4.69) is 15.3 Å². The number of ether oxygens (including phenoxy) is 1. The van der Waals surface area contributed by atoms with E-state index in [0.29, 0.717) is 18.8 Å². The first-order valence-corrected chi connectivity index (χ1v) is 10.3. The molecule has 0 saturated carbocycles. The van der Waals surface area contributed by atoms with Crippen molar-refractivity contribution in [2.75, 3.05) is 31.2 Å². The lowest BCUT2D eigenvalue weighted by atomic mass is 9.83. The molecule has 1 aromatic carbocycles. The van der Waals surface area contributed by atoms with Crippen molar-refractivity contribution in [2.45, 2.75) is 46.1 Å². The number of rotatable bonds is 7. The van der Waals surface area contributed by atoms with Crippen molar-refractivity contribution in [3.8, 4) is 5.75 Å². The molecule has 0 bridgehead atoms. The highest BCUT2D eigenvalue weighted by atomic mass is 19.3. The van der Waals surface area contributed by atoms with Gasteiger partial charge in [-0.15, -0.1) is 0 Å². The summed E-state index contributed by atoms with van der Waals surface area (Å²) in [6.45, 7) is 8.73. The van der Waals surface area contributed by atoms with Gasteiger partial charge in [0.05, 0.1) is 13.2 Å². The van der Waals surface area contributed by atoms with Gasteiger partial charge in [0, 0.05) is 37.1 Å². The topological polar surface area (TPSA) is 119 Å². The summed E-state index contributed by atoms with van der Waals surface area (Å²) in [7, 11) is 1.60. The maximum atomic E-state index is 13.3. The lowest BCUT2D eigenvalue weighted by Gasteiger charge is -2.41. The normalized spacial score (nSPS) is 14.8. The number of nitrogens with zero attached hydrogens (tertiary/aromatic N) is 3. The Morgan fingerprint density at radius 2 is 2.00 bits per heavy atom. The minimum atomic E-state index is -2.90. The molecule has 0 radical (unpaired) electrons. The molecule has 1 aliphatic rings. The van der Waals surface area contributed by atoms with E-state index < -0.39 is 12.1 Å². The van der Waals surface area contributed by atoms with Crippen LogP contribution in [0.1, 0.15) is 53.6 Å². The number of carbonyl (C=O) groups is 1. The van der Waals surface area contributed by atoms with Gasteiger partial charge < -0.3 is 20.7 Å². The smallest absolute Gasteiger partial charge is 0.321 e. The van der Waals surface area contributed by atoms with E-state index in [1.807, 2.05) is 26.8 Å². The highest BCUT2D eigenvalue weighted by molar-refractivity contribution is 6.06. The van der Waals surface area contributed by atoms with Gasteiger partial charge in [0.1, 0.15) is 29.3 Å². The zero-order valence-electron chi connectivity index (χ0n) is 18.9. The number of likely N-dealkylation sites (tertiary alicyclic amines) is 1. The Morgan fingerprint density at radius 1 is 1.34 bits per heavy atom. The first kappa shape index (κ1) is 23.4. The van der Waals surface area contributed by atoms with Gasteiger partial charge in [-0.1, -0.05) is 6.07 Å². The van der Waals surface area contributed by atoms with E-state index in [0.717, 1.165) is 22.3 Å². The number of amides is 1. The van der Waals surface area contributed by atoms with Crippen molar-refractivity contribution in [1.29, 1.82) is 0 Å². The number of nitrogens with two attached hydrogens (primary N) is 2. The van der Waals surface area contributed by atoms with Crippen molar-refractivity contribution in [3.05, 3.63) is 40.2 Å². The first-order valence-electron chi connectivity index (χ1n) is 10.3. The zero-order valence-corrected chi connectivity index (χ0v) is 18.9. The van der Waals surface area contributed by atoms with Gasteiger partial charge in [0.15, 0.2) is 0 Å². The third kappa shape index (κ3) is 4.21. The monoisotopic (exact) mass is 447 g/mol. The molecule has 1 atom stereocenters. The number of hydrogen-bond acceptors (Lipinski definition) is 6. The number of aryl methyl sites for hydroxylation is 1. The van der Waals surface area contributed by atoms with Crippen LogP contribution in [0.2, 0.25) is 0 Å². The molecule has 5 N–H and O–H groups in total. The first-order chi connectivity index (χ1) is 15.1. The Labute approximate surface area is 185 Å². The molecule has 1 amide bonds. The van der Waals surface area contributed by atoms with Gasteiger partial charge in [-0.25, -0.2) is 9.97 Å². The van der Waals surface area contributed by atoms with E-state index >= 15 is 0 Å². The summed E-state index contributed by atoms with van der Waals surface area (Å²) in [4.78, 5) is 21.3. The fourth-order valence-electron chi connectivity index (χ4n) is 4.09. The molecule has 1 aromatic heterocycles. The number of anilines is 2. The Balaban J connectivity index is 2.00. The van der Waals surface area contributed by atoms with Crippen LogP contribution in [-0.2, 0) is 4.79 Å². The fraction of sp³-hybridized carbons (Fsp3) is 0.455. The lowest BCUT2D eigenvalue weighted by molar-refractivity contribution is -0.133. The average molecular weight is 448 g/mol. The zero-order chi connectivity index (χ0) is 23.7. The van der Waals surface area contributed by atoms with E-state index in [1.165, 1.54) is 6.33 Å². The number of nitrogen functional groups attached to an aromatic ring is 1. The molecule has 1 fully saturated rings. The van der Waals surface area contributed by atoms with Gasteiger partial charge in [0.2, 0.25) is 5.91 Å². The van der Waals surface area contributed by atoms with Crippen molar-refractivity contribution in [1.82, 2.24) is 14.9 Å². The Bertz CT molecular complexity index is 1050. The Morgan fingerprint density at radius 3 is 2.56 bits per heavy atom. The van der Waals surface area contributed by atoms with Crippen molar-refractivity contribution in [2.24, 2.45) is 0 Å². The molecule has 2 aromatic rings. The van der Waals surface area contributed by atoms with E-state index in [-0.39, 0.29) is 35.1 Å². The van der Waals surface area contributed by atoms with Crippen LogP contribution in [0.3, 0.4) is 0 Å². The SMILES string of the molecule is COc1c(C(C)Nc2ncnc(N)c2C(=[NH2+])C(F)F)cc(C)c(C)c1C1CN(C(C)=O)C1. The molecular weight excluding hydrogens is 418 g/mol. The fourth-order valence-corrected chi connectivity index (χ4v) is 4.09. The summed E-state index contributed by atoms with van der Waals surface area (Å²) in [5.41, 5.74) is 9.08. The number of alkyl halides is 2. The minimum absolute atomic E-state index is 0.0440. The highest BCUT2D eigenvalue weighted by Crippen LogP contribution is 2.42. The van der Waals surface area contributed by atoms with E-state index in [9.17, 15) is 13.6 Å². The number of nitrogens with one attached hydrogen (secondary N) is 1. The van der Waals surface area contributed by atoms with Crippen LogP contribution in [0.4, 0.5) is 20.4 Å². The summed E-state index contributed by atoms with van der Waals surface area (Å²) < 4.78 is 32.4. The number of halogens is 2. The second-order valence-corrected chi connectivity index (χ2v) is 8.08. The van der Waals surface area contributed by atoms with Crippen LogP contribution in [0, 0.1) is 13.8 Å². The Hall–Kier alpha value is -3.30. The van der Waals surface area contributed by atoms with Crippen LogP contribution < -0.4 is 21.2 Å². The van der Waals surface area contributed by atoms with Gasteiger partial charge >= 0.3 is 6.43 Å². The lowest BCUT2D eigenvalue weighted by Crippen LogP contribution is -2.47. The molecule has 172 valence electrons. The predicted molar refractivity (Wildman–Crippen MR) is 118 cm³/mol. The highest BCUT2D eigenvalue weighted by Gasteiger charge is 2.35. The van der Waals surface area contributed by atoms with Crippen molar-refractivity contribution >= 4 is 23.3 Å². The molecule has 8 nitrogen and oxygen atoms in total. The third-order valence-corrected chi connectivity index (χ3v) is 6.03. The summed E-state index contributed by atoms with van der Waals surface area (Å²) >= 11 is 0. The van der Waals surface area contributed by atoms with Crippen LogP contribution >= 0.6 is 0 Å². The number of benzene rings is 1. The van der Waals surface area contributed by atoms with Gasteiger partial charge in [-0.05, 0) is 31.9 Å². The third-order valence-electron chi connectivity index (χ3n) is 6.03. The van der Waals surface area contributed by atoms with Crippen LogP contribution in [-0.4, -0.2) is 53.1 Å². The summed E-state index contributed by atoms with van der Waals surface area (Å²) in [5, 5.41) is 8.73. The van der Waals surface area contributed by atoms with Crippen molar-refractivity contribution < 1.29 is 23.7 Å². The molecule has 0 aliphatic carbocycles. The Kier molecular flexibility index (Phi) is 6.61. The molecule has 32 heavy (non-hydrogen) atoms. The molecule has 10 heteroatoms. The summed E-state index contributed by atoms with van der Waals surface area (Å²) in [6.07, 6.45) is -1.70. The van der Waals surface area contributed by atoms with Gasteiger partial charge in [-0.3, -0.25) is 10.2 Å². The predicted octanol–water partition coefficient (Wildman–Crippen LogP) is 1.62. The number of aromatic nitrogens is 2. The maximum Gasteiger partial charge on any atom is 0.321 e. The quantitative estimate of drug-likeness (QED) is 0.555. The maximum absolute atomic E-state index is 13.3. The molecule has 3 rings (SSSR count). The second-order valence-electron chi connectivity index (χ2n) is 8.08. The van der Waals surface area contributed by atoms with Crippen LogP contribution in [0.25, 0.3) is 0 Å². The molecule has 1 unspecified atom stereocenters. The van der Waals surface area contributed by atoms with Crippen LogP contribution in [0.15, 0.2) is 12.4 Å². The number of carbonyl (C=O) groups excluding carboxylic acids is 1. The molecule has 1 saturated heterocycles. The van der Waals surface area contributed by atoms with E-state index in [4.69, 9.17) is 15.9 Å². The standard InChI is InChI=1S/C22H28F2N6O2/c1-10-6-15(19(32-5)16(11(10)2)14-7-30(8-14)13(4)31)12(3)29-22-17(18(25)20(23)24)21(26)27-9-28-22/h6,9,12,14,20,25H,7-8H2,1-5H3,(H3,26,27,28,29)/p+1. The molecule has 2 heterocycles. The summed E-state index contributed by atoms with van der Waals surface area (Å²) in [5.74, 6) is 0.904. The van der Waals surface area contributed by atoms with E-state index in [1.54, 1.807) is 18.9 Å². The summed E-state index contributed by atoms with van der Waals surface area (Å²) in [6, 6.07) is 1.63. The molecular formula is C22H29F2N6O2+. The second kappa shape index (κ2) is 9.05. The number of methoxy groups -OCH3 is 1. The largest absolute Gasteiger partial charge is 0.496 e. The minimum Gasteiger partial charge on any atom is -0.496 e. The average Bonchev–Trinajstić information content (AvgIpc) is 2.69. The van der Waals surface area contributed by atoms with Gasteiger partial charge in [-0.2, -0.15) is 8.78 Å². The molecule has 0 spiro atoms. The molecule has 1 aliphatic heterocycles.